The monoisotopic (exact) mass is 601 g/mol. The fourth-order valence-electron chi connectivity index (χ4n) is 4.86. The number of amides is 2. The van der Waals surface area contributed by atoms with Crippen LogP contribution in [0.15, 0.2) is 77.7 Å². The first-order valence-corrected chi connectivity index (χ1v) is 15.5. The summed E-state index contributed by atoms with van der Waals surface area (Å²) in [5.41, 5.74) is 1.88. The van der Waals surface area contributed by atoms with Crippen molar-refractivity contribution in [2.75, 3.05) is 10.8 Å². The van der Waals surface area contributed by atoms with Gasteiger partial charge in [0.1, 0.15) is 12.6 Å². The summed E-state index contributed by atoms with van der Waals surface area (Å²) in [5.74, 6) is -0.819. The van der Waals surface area contributed by atoms with Gasteiger partial charge in [0.15, 0.2) is 0 Å². The van der Waals surface area contributed by atoms with E-state index in [2.05, 4.69) is 5.32 Å². The van der Waals surface area contributed by atoms with Crippen LogP contribution in [0.1, 0.15) is 43.7 Å². The average Bonchev–Trinajstić information content (AvgIpc) is 3.46. The van der Waals surface area contributed by atoms with Crippen LogP contribution in [-0.2, 0) is 26.2 Å². The normalized spacial score (nSPS) is 14.5. The third kappa shape index (κ3) is 6.79. The maximum absolute atomic E-state index is 14.1. The van der Waals surface area contributed by atoms with E-state index >= 15 is 0 Å². The molecular formula is C30H33Cl2N3O4S. The molecule has 2 amide bonds. The van der Waals surface area contributed by atoms with Crippen LogP contribution in [0.5, 0.6) is 0 Å². The highest BCUT2D eigenvalue weighted by atomic mass is 35.5. The van der Waals surface area contributed by atoms with Crippen molar-refractivity contribution < 1.29 is 18.0 Å². The zero-order valence-electron chi connectivity index (χ0n) is 22.5. The zero-order valence-corrected chi connectivity index (χ0v) is 24.8. The molecule has 1 aliphatic rings. The average molecular weight is 603 g/mol. The van der Waals surface area contributed by atoms with Crippen molar-refractivity contribution in [1.82, 2.24) is 10.2 Å². The first-order chi connectivity index (χ1) is 19.1. The number of nitrogens with one attached hydrogen (secondary N) is 1. The van der Waals surface area contributed by atoms with Crippen molar-refractivity contribution in [3.05, 3.63) is 94.0 Å². The molecule has 0 bridgehead atoms. The molecule has 1 saturated carbocycles. The molecule has 212 valence electrons. The number of nitrogens with zero attached hydrogens (tertiary/aromatic N) is 2. The number of rotatable bonds is 10. The molecule has 40 heavy (non-hydrogen) atoms. The topological polar surface area (TPSA) is 86.8 Å². The summed E-state index contributed by atoms with van der Waals surface area (Å²) in [5, 5.41) is 3.23. The number of aryl methyl sites for hydroxylation is 1. The maximum Gasteiger partial charge on any atom is 0.264 e. The fraction of sp³-hybridized carbons (Fsp3) is 0.333. The lowest BCUT2D eigenvalue weighted by Crippen LogP contribution is -2.52. The molecular weight excluding hydrogens is 569 g/mol. The number of anilines is 1. The van der Waals surface area contributed by atoms with Crippen LogP contribution >= 0.6 is 23.2 Å². The van der Waals surface area contributed by atoms with Crippen LogP contribution in [0, 0.1) is 6.92 Å². The summed E-state index contributed by atoms with van der Waals surface area (Å²) < 4.78 is 28.7. The van der Waals surface area contributed by atoms with Gasteiger partial charge in [0.2, 0.25) is 11.8 Å². The number of carbonyl (C=O) groups is 2. The Balaban J connectivity index is 1.72. The van der Waals surface area contributed by atoms with Crippen molar-refractivity contribution in [2.24, 2.45) is 0 Å². The van der Waals surface area contributed by atoms with E-state index in [1.165, 1.54) is 23.1 Å². The Morgan fingerprint density at radius 3 is 2.27 bits per heavy atom. The van der Waals surface area contributed by atoms with E-state index in [4.69, 9.17) is 23.2 Å². The second-order valence-electron chi connectivity index (χ2n) is 10.0. The van der Waals surface area contributed by atoms with Crippen LogP contribution in [0.2, 0.25) is 10.0 Å². The second kappa shape index (κ2) is 13.1. The Hall–Kier alpha value is -3.07. The second-order valence-corrected chi connectivity index (χ2v) is 12.7. The molecule has 0 aromatic heterocycles. The number of carbonyl (C=O) groups excluding carboxylic acids is 2. The van der Waals surface area contributed by atoms with Crippen molar-refractivity contribution in [3.63, 3.8) is 0 Å². The molecule has 3 aromatic rings. The van der Waals surface area contributed by atoms with E-state index in [-0.39, 0.29) is 39.1 Å². The molecule has 4 rings (SSSR count). The smallest absolute Gasteiger partial charge is 0.264 e. The van der Waals surface area contributed by atoms with Gasteiger partial charge in [-0.1, -0.05) is 84.6 Å². The van der Waals surface area contributed by atoms with Crippen LogP contribution in [-0.4, -0.2) is 43.8 Å². The van der Waals surface area contributed by atoms with E-state index in [1.54, 1.807) is 37.3 Å². The molecule has 1 atom stereocenters. The zero-order chi connectivity index (χ0) is 28.9. The molecule has 1 aliphatic carbocycles. The van der Waals surface area contributed by atoms with E-state index in [0.717, 1.165) is 41.1 Å². The van der Waals surface area contributed by atoms with Crippen LogP contribution < -0.4 is 9.62 Å². The summed E-state index contributed by atoms with van der Waals surface area (Å²) in [6, 6.07) is 19.3. The molecule has 0 spiro atoms. The predicted molar refractivity (Wildman–Crippen MR) is 159 cm³/mol. The Bertz CT molecular complexity index is 1460. The highest BCUT2D eigenvalue weighted by Gasteiger charge is 2.34. The predicted octanol–water partition coefficient (Wildman–Crippen LogP) is 5.97. The third-order valence-corrected chi connectivity index (χ3v) is 9.86. The summed E-state index contributed by atoms with van der Waals surface area (Å²) in [7, 11) is -4.23. The molecule has 7 nitrogen and oxygen atoms in total. The molecule has 0 radical (unpaired) electrons. The molecule has 0 aliphatic heterocycles. The lowest BCUT2D eigenvalue weighted by atomic mass is 10.1. The Morgan fingerprint density at radius 1 is 0.950 bits per heavy atom. The quantitative estimate of drug-likeness (QED) is 0.310. The van der Waals surface area contributed by atoms with Gasteiger partial charge in [-0.3, -0.25) is 13.9 Å². The lowest BCUT2D eigenvalue weighted by molar-refractivity contribution is -0.139. The number of hydrogen-bond acceptors (Lipinski definition) is 4. The van der Waals surface area contributed by atoms with Gasteiger partial charge in [-0.25, -0.2) is 8.42 Å². The van der Waals surface area contributed by atoms with Crippen molar-refractivity contribution in [1.29, 1.82) is 0 Å². The highest BCUT2D eigenvalue weighted by Crippen LogP contribution is 2.35. The van der Waals surface area contributed by atoms with E-state index < -0.39 is 28.5 Å². The lowest BCUT2D eigenvalue weighted by Gasteiger charge is -2.33. The SMILES string of the molecule is Cc1ccccc1CN(C(=O)CN(c1cccc(Cl)c1Cl)S(=O)(=O)c1ccccc1)C(C)C(=O)NC1CCCC1. The summed E-state index contributed by atoms with van der Waals surface area (Å²) >= 11 is 12.7. The summed E-state index contributed by atoms with van der Waals surface area (Å²) in [4.78, 5) is 28.8. The Kier molecular flexibility index (Phi) is 9.77. The van der Waals surface area contributed by atoms with Crippen molar-refractivity contribution in [3.8, 4) is 0 Å². The Labute approximate surface area is 246 Å². The van der Waals surface area contributed by atoms with Gasteiger partial charge in [-0.05, 0) is 62.1 Å². The maximum atomic E-state index is 14.1. The van der Waals surface area contributed by atoms with Crippen LogP contribution in [0.3, 0.4) is 0 Å². The molecule has 1 unspecified atom stereocenters. The standard InChI is InChI=1S/C30H33Cl2N3O4S/c1-21-11-6-7-12-23(21)19-34(22(2)30(37)33-24-13-8-9-14-24)28(36)20-35(27-18-10-17-26(31)29(27)32)40(38,39)25-15-4-3-5-16-25/h3-7,10-12,15-18,22,24H,8-9,13-14,19-20H2,1-2H3,(H,33,37). The molecule has 10 heteroatoms. The van der Waals surface area contributed by atoms with Gasteiger partial charge in [0, 0.05) is 12.6 Å². The van der Waals surface area contributed by atoms with Gasteiger partial charge in [-0.15, -0.1) is 0 Å². The van der Waals surface area contributed by atoms with Crippen LogP contribution in [0.25, 0.3) is 0 Å². The van der Waals surface area contributed by atoms with Gasteiger partial charge in [0.05, 0.1) is 20.6 Å². The number of sulfonamides is 1. The summed E-state index contributed by atoms with van der Waals surface area (Å²) in [6.45, 7) is 3.15. The van der Waals surface area contributed by atoms with Gasteiger partial charge >= 0.3 is 0 Å². The molecule has 3 aromatic carbocycles. The molecule has 0 heterocycles. The van der Waals surface area contributed by atoms with Gasteiger partial charge in [-0.2, -0.15) is 0 Å². The molecule has 0 saturated heterocycles. The Morgan fingerprint density at radius 2 is 1.60 bits per heavy atom. The number of benzene rings is 3. The molecule has 1 N–H and O–H groups in total. The van der Waals surface area contributed by atoms with Crippen molar-refractivity contribution >= 4 is 50.7 Å². The minimum absolute atomic E-state index is 0.00341. The van der Waals surface area contributed by atoms with E-state index in [1.807, 2.05) is 31.2 Å². The summed E-state index contributed by atoms with van der Waals surface area (Å²) in [6.07, 6.45) is 3.91. The largest absolute Gasteiger partial charge is 0.352 e. The first-order valence-electron chi connectivity index (χ1n) is 13.3. The van der Waals surface area contributed by atoms with E-state index in [0.29, 0.717) is 0 Å². The van der Waals surface area contributed by atoms with Crippen LogP contribution in [0.4, 0.5) is 5.69 Å². The third-order valence-electron chi connectivity index (χ3n) is 7.28. The number of halogens is 2. The van der Waals surface area contributed by atoms with Gasteiger partial charge in [0.25, 0.3) is 10.0 Å². The molecule has 1 fully saturated rings. The van der Waals surface area contributed by atoms with Crippen molar-refractivity contribution in [2.45, 2.75) is 63.1 Å². The minimum Gasteiger partial charge on any atom is -0.352 e. The van der Waals surface area contributed by atoms with Gasteiger partial charge < -0.3 is 10.2 Å². The fourth-order valence-corrected chi connectivity index (χ4v) is 6.76. The minimum atomic E-state index is -4.23. The number of hydrogen-bond donors (Lipinski definition) is 1. The highest BCUT2D eigenvalue weighted by molar-refractivity contribution is 7.92. The van der Waals surface area contributed by atoms with E-state index in [9.17, 15) is 18.0 Å². The first kappa shape index (κ1) is 29.9.